The Morgan fingerprint density at radius 1 is 1.23 bits per heavy atom. The summed E-state index contributed by atoms with van der Waals surface area (Å²) in [5, 5.41) is 0.577. The second kappa shape index (κ2) is 4.53. The van der Waals surface area contributed by atoms with Gasteiger partial charge in [0.05, 0.1) is 0 Å². The molecule has 0 radical (unpaired) electrons. The van der Waals surface area contributed by atoms with Crippen LogP contribution in [0.25, 0.3) is 0 Å². The number of nitrogens with two attached hydrogens (primary N) is 1. The Hall–Kier alpha value is -0.670. The number of hydrogen-bond acceptors (Lipinski definition) is 1. The molecule has 0 saturated carbocycles. The summed E-state index contributed by atoms with van der Waals surface area (Å²) >= 11 is 5.63. The highest BCUT2D eigenvalue weighted by Crippen LogP contribution is 2.19. The van der Waals surface area contributed by atoms with Gasteiger partial charge in [0.15, 0.2) is 0 Å². The maximum Gasteiger partial charge on any atom is 0.240 e. The van der Waals surface area contributed by atoms with Crippen LogP contribution in [0.5, 0.6) is 0 Å². The topological polar surface area (TPSA) is 26.0 Å². The van der Waals surface area contributed by atoms with Crippen molar-refractivity contribution in [1.29, 1.82) is 0 Å². The van der Waals surface area contributed by atoms with Gasteiger partial charge in [-0.25, -0.2) is 8.78 Å². The van der Waals surface area contributed by atoms with E-state index in [0.717, 1.165) is 0 Å². The molecular formula is C9H10ClF2N. The minimum atomic E-state index is -2.37. The fraction of sp³-hybridized carbons (Fsp3) is 0.333. The predicted molar refractivity (Wildman–Crippen MR) is 49.0 cm³/mol. The molecule has 0 unspecified atom stereocenters. The summed E-state index contributed by atoms with van der Waals surface area (Å²) < 4.78 is 23.9. The molecule has 0 aromatic heterocycles. The number of alkyl halides is 2. The van der Waals surface area contributed by atoms with Crippen molar-refractivity contribution in [3.63, 3.8) is 0 Å². The largest absolute Gasteiger partial charge is 0.324 e. The fourth-order valence-corrected chi connectivity index (χ4v) is 1.16. The minimum Gasteiger partial charge on any atom is -0.324 e. The molecule has 1 rings (SSSR count). The van der Waals surface area contributed by atoms with Crippen molar-refractivity contribution in [2.24, 2.45) is 5.73 Å². The first-order valence-corrected chi connectivity index (χ1v) is 4.26. The standard InChI is InChI=1S/C9H10ClF2N/c10-7-3-1-6(2-4-7)8(13)5-9(11)12/h1-4,8-9H,5,13H2/t8-/m0/s1. The highest BCUT2D eigenvalue weighted by atomic mass is 35.5. The van der Waals surface area contributed by atoms with Gasteiger partial charge in [0, 0.05) is 17.5 Å². The van der Waals surface area contributed by atoms with Crippen molar-refractivity contribution in [1.82, 2.24) is 0 Å². The molecule has 0 fully saturated rings. The van der Waals surface area contributed by atoms with Crippen LogP contribution in [0, 0.1) is 0 Å². The lowest BCUT2D eigenvalue weighted by Gasteiger charge is -2.10. The van der Waals surface area contributed by atoms with Crippen molar-refractivity contribution in [2.45, 2.75) is 18.9 Å². The van der Waals surface area contributed by atoms with Crippen molar-refractivity contribution in [3.05, 3.63) is 34.9 Å². The van der Waals surface area contributed by atoms with Crippen LogP contribution < -0.4 is 5.73 Å². The molecule has 4 heteroatoms. The molecule has 1 nitrogen and oxygen atoms in total. The zero-order valence-corrected chi connectivity index (χ0v) is 7.64. The first-order chi connectivity index (χ1) is 6.09. The van der Waals surface area contributed by atoms with Gasteiger partial charge in [0.2, 0.25) is 6.43 Å². The summed E-state index contributed by atoms with van der Waals surface area (Å²) in [6, 6.07) is 5.99. The molecule has 0 aliphatic carbocycles. The summed E-state index contributed by atoms with van der Waals surface area (Å²) in [5.41, 5.74) is 6.21. The van der Waals surface area contributed by atoms with Crippen LogP contribution in [0.15, 0.2) is 24.3 Å². The van der Waals surface area contributed by atoms with E-state index >= 15 is 0 Å². The lowest BCUT2D eigenvalue weighted by Crippen LogP contribution is -2.13. The smallest absolute Gasteiger partial charge is 0.240 e. The van der Waals surface area contributed by atoms with Crippen LogP contribution in [-0.2, 0) is 0 Å². The van der Waals surface area contributed by atoms with Gasteiger partial charge in [-0.2, -0.15) is 0 Å². The van der Waals surface area contributed by atoms with Gasteiger partial charge in [-0.15, -0.1) is 0 Å². The Morgan fingerprint density at radius 2 is 1.77 bits per heavy atom. The highest BCUT2D eigenvalue weighted by Gasteiger charge is 2.12. The van der Waals surface area contributed by atoms with E-state index in [1.807, 2.05) is 0 Å². The van der Waals surface area contributed by atoms with E-state index in [1.54, 1.807) is 24.3 Å². The van der Waals surface area contributed by atoms with Gasteiger partial charge in [0.25, 0.3) is 0 Å². The first kappa shape index (κ1) is 10.4. The predicted octanol–water partition coefficient (Wildman–Crippen LogP) is 3.00. The van der Waals surface area contributed by atoms with Crippen molar-refractivity contribution >= 4 is 11.6 Å². The molecule has 1 atom stereocenters. The molecule has 0 heterocycles. The molecule has 1 aromatic carbocycles. The molecule has 0 amide bonds. The average Bonchev–Trinajstić information content (AvgIpc) is 2.04. The van der Waals surface area contributed by atoms with Crippen LogP contribution in [-0.4, -0.2) is 6.43 Å². The van der Waals surface area contributed by atoms with E-state index in [0.29, 0.717) is 10.6 Å². The number of benzene rings is 1. The van der Waals surface area contributed by atoms with Gasteiger partial charge in [0.1, 0.15) is 0 Å². The Morgan fingerprint density at radius 3 is 2.23 bits per heavy atom. The minimum absolute atomic E-state index is 0.318. The molecule has 0 bridgehead atoms. The average molecular weight is 206 g/mol. The summed E-state index contributed by atoms with van der Waals surface area (Å²) in [7, 11) is 0. The third-order valence-electron chi connectivity index (χ3n) is 1.73. The van der Waals surface area contributed by atoms with Crippen molar-refractivity contribution < 1.29 is 8.78 Å². The summed E-state index contributed by atoms with van der Waals surface area (Å²) in [6.45, 7) is 0. The van der Waals surface area contributed by atoms with Crippen molar-refractivity contribution in [3.8, 4) is 0 Å². The van der Waals surface area contributed by atoms with E-state index < -0.39 is 12.5 Å². The second-order valence-electron chi connectivity index (χ2n) is 2.78. The van der Waals surface area contributed by atoms with Crippen LogP contribution in [0.1, 0.15) is 18.0 Å². The molecular weight excluding hydrogens is 196 g/mol. The van der Waals surface area contributed by atoms with E-state index in [9.17, 15) is 8.78 Å². The molecule has 0 aliphatic rings. The van der Waals surface area contributed by atoms with Gasteiger partial charge >= 0.3 is 0 Å². The Balaban J connectivity index is 2.66. The molecule has 0 saturated heterocycles. The monoisotopic (exact) mass is 205 g/mol. The van der Waals surface area contributed by atoms with Gasteiger partial charge in [-0.05, 0) is 17.7 Å². The maximum absolute atomic E-state index is 11.9. The molecule has 72 valence electrons. The summed E-state index contributed by atoms with van der Waals surface area (Å²) in [5.74, 6) is 0. The van der Waals surface area contributed by atoms with Crippen LogP contribution in [0.3, 0.4) is 0 Å². The zero-order chi connectivity index (χ0) is 9.84. The normalized spacial score (nSPS) is 13.3. The highest BCUT2D eigenvalue weighted by molar-refractivity contribution is 6.30. The summed E-state index contributed by atoms with van der Waals surface area (Å²) in [6.07, 6.45) is -2.69. The quantitative estimate of drug-likeness (QED) is 0.807. The van der Waals surface area contributed by atoms with Crippen LogP contribution >= 0.6 is 11.6 Å². The van der Waals surface area contributed by atoms with E-state index in [2.05, 4.69) is 0 Å². The van der Waals surface area contributed by atoms with E-state index in [4.69, 9.17) is 17.3 Å². The van der Waals surface area contributed by atoms with Crippen LogP contribution in [0.4, 0.5) is 8.78 Å². The Bertz CT molecular complexity index is 261. The number of rotatable bonds is 3. The lowest BCUT2D eigenvalue weighted by molar-refractivity contribution is 0.128. The van der Waals surface area contributed by atoms with Crippen LogP contribution in [0.2, 0.25) is 5.02 Å². The van der Waals surface area contributed by atoms with Gasteiger partial charge < -0.3 is 5.73 Å². The molecule has 0 spiro atoms. The van der Waals surface area contributed by atoms with Gasteiger partial charge in [-0.1, -0.05) is 23.7 Å². The third kappa shape index (κ3) is 3.28. The van der Waals surface area contributed by atoms with Gasteiger partial charge in [-0.3, -0.25) is 0 Å². The molecule has 13 heavy (non-hydrogen) atoms. The van der Waals surface area contributed by atoms with E-state index in [1.165, 1.54) is 0 Å². The third-order valence-corrected chi connectivity index (χ3v) is 1.98. The zero-order valence-electron chi connectivity index (χ0n) is 6.88. The molecule has 0 aliphatic heterocycles. The molecule has 1 aromatic rings. The number of hydrogen-bond donors (Lipinski definition) is 1. The lowest BCUT2D eigenvalue weighted by atomic mass is 10.1. The molecule has 2 N–H and O–H groups in total. The first-order valence-electron chi connectivity index (χ1n) is 3.89. The SMILES string of the molecule is N[C@@H](CC(F)F)c1ccc(Cl)cc1. The number of halogens is 3. The maximum atomic E-state index is 11.9. The Labute approximate surface area is 80.5 Å². The van der Waals surface area contributed by atoms with Crippen molar-refractivity contribution in [2.75, 3.05) is 0 Å². The summed E-state index contributed by atoms with van der Waals surface area (Å²) in [4.78, 5) is 0. The Kier molecular flexibility index (Phi) is 3.63. The van der Waals surface area contributed by atoms with E-state index in [-0.39, 0.29) is 6.42 Å². The fourth-order valence-electron chi connectivity index (χ4n) is 1.04. The second-order valence-corrected chi connectivity index (χ2v) is 3.22.